The Balaban J connectivity index is 0.000000121. The molecule has 0 spiro atoms. The van der Waals surface area contributed by atoms with Gasteiger partial charge < -0.3 is 31.5 Å². The minimum absolute atomic E-state index is 0.0229. The highest BCUT2D eigenvalue weighted by Gasteiger charge is 2.55. The first-order chi connectivity index (χ1) is 42.0. The van der Waals surface area contributed by atoms with Crippen molar-refractivity contribution < 1.29 is 29.4 Å². The van der Waals surface area contributed by atoms with Gasteiger partial charge >= 0.3 is 0 Å². The molecular formula is C70H92N12O6. The number of aromatic nitrogens is 8. The fraction of sp³-hybridized carbons (Fsp3) is 0.543. The van der Waals surface area contributed by atoms with Crippen LogP contribution in [0.1, 0.15) is 187 Å². The van der Waals surface area contributed by atoms with Gasteiger partial charge in [-0.2, -0.15) is 20.4 Å². The second kappa shape index (κ2) is 25.6. The molecule has 8 fully saturated rings. The fourth-order valence-electron chi connectivity index (χ4n) is 15.9. The topological polar surface area (TPSA) is 226 Å². The first-order valence-electron chi connectivity index (χ1n) is 32.5. The van der Waals surface area contributed by atoms with Crippen molar-refractivity contribution in [2.45, 2.75) is 182 Å². The van der Waals surface area contributed by atoms with Gasteiger partial charge in [0, 0.05) is 44.3 Å². The number of aliphatic hydroxyl groups is 2. The number of carbonyl (C=O) groups is 4. The van der Waals surface area contributed by atoms with Gasteiger partial charge in [-0.15, -0.1) is 0 Å². The van der Waals surface area contributed by atoms with E-state index in [-0.39, 0.29) is 30.0 Å². The molecule has 8 aromatic rings. The number of nitrogens with one attached hydrogen (secondary N) is 4. The monoisotopic (exact) mass is 1200 g/mol. The number of hydrogen-bond donors (Lipinski definition) is 6. The van der Waals surface area contributed by atoms with Crippen LogP contribution in [0.2, 0.25) is 0 Å². The molecule has 88 heavy (non-hydrogen) atoms. The number of nitrogens with zero attached hydrogens (tertiary/aromatic N) is 8. The van der Waals surface area contributed by atoms with Crippen LogP contribution in [-0.4, -0.2) is 96.6 Å². The number of carbonyl (C=O) groups excluding carboxylic acids is 4. The predicted molar refractivity (Wildman–Crippen MR) is 343 cm³/mol. The van der Waals surface area contributed by atoms with E-state index in [1.165, 1.54) is 44.9 Å². The maximum Gasteiger partial charge on any atom is 0.253 e. The number of hydrogen-bond acceptors (Lipinski definition) is 10. The molecule has 0 radical (unpaired) electrons. The molecule has 0 unspecified atom stereocenters. The summed E-state index contributed by atoms with van der Waals surface area (Å²) in [5.41, 5.74) is 9.43. The Morgan fingerprint density at radius 1 is 0.500 bits per heavy atom. The van der Waals surface area contributed by atoms with Gasteiger partial charge in [0.15, 0.2) is 0 Å². The first-order valence-corrected chi connectivity index (χ1v) is 32.5. The molecule has 6 N–H and O–H groups in total. The van der Waals surface area contributed by atoms with E-state index in [0.717, 1.165) is 150 Å². The van der Waals surface area contributed by atoms with Crippen molar-refractivity contribution in [2.24, 2.45) is 46.3 Å². The zero-order chi connectivity index (χ0) is 62.1. The van der Waals surface area contributed by atoms with E-state index in [1.807, 2.05) is 124 Å². The molecule has 18 heteroatoms. The normalized spacial score (nSPS) is 23.3. The van der Waals surface area contributed by atoms with E-state index in [0.29, 0.717) is 41.2 Å². The Morgan fingerprint density at radius 3 is 1.36 bits per heavy atom. The summed E-state index contributed by atoms with van der Waals surface area (Å²) < 4.78 is 7.07. The van der Waals surface area contributed by atoms with Crippen molar-refractivity contribution in [2.75, 3.05) is 23.7 Å². The van der Waals surface area contributed by atoms with Crippen molar-refractivity contribution >= 4 is 57.1 Å². The van der Waals surface area contributed by atoms with Crippen LogP contribution in [0.3, 0.4) is 0 Å². The second-order valence-electron chi connectivity index (χ2n) is 28.0. The predicted octanol–water partition coefficient (Wildman–Crippen LogP) is 12.2. The highest BCUT2D eigenvalue weighted by molar-refractivity contribution is 6.01. The Morgan fingerprint density at radius 2 is 0.898 bits per heavy atom. The minimum atomic E-state index is -0.830. The van der Waals surface area contributed by atoms with Crippen molar-refractivity contribution in [3.8, 4) is 0 Å². The average molecular weight is 1200 g/mol. The number of amides is 4. The molecule has 8 saturated carbocycles. The van der Waals surface area contributed by atoms with Gasteiger partial charge in [-0.05, 0) is 211 Å². The van der Waals surface area contributed by atoms with E-state index in [4.69, 9.17) is 0 Å². The Labute approximate surface area is 517 Å². The molecular weight excluding hydrogens is 1100 g/mol. The van der Waals surface area contributed by atoms with Gasteiger partial charge in [0.2, 0.25) is 11.8 Å². The largest absolute Gasteiger partial charge is 0.389 e. The molecule has 8 aromatic heterocycles. The fourth-order valence-corrected chi connectivity index (χ4v) is 15.9. The number of aryl methyl sites for hydroxylation is 4. The quantitative estimate of drug-likeness (QED) is 0.0678. The summed E-state index contributed by atoms with van der Waals surface area (Å²) >= 11 is 0. The van der Waals surface area contributed by atoms with Gasteiger partial charge in [-0.25, -0.2) is 18.1 Å². The minimum Gasteiger partial charge on any atom is -0.389 e. The molecule has 0 saturated heterocycles. The Kier molecular flexibility index (Phi) is 18.1. The van der Waals surface area contributed by atoms with Crippen LogP contribution >= 0.6 is 0 Å². The first kappa shape index (κ1) is 62.2. The Bertz CT molecular complexity index is 3810. The van der Waals surface area contributed by atoms with E-state index in [1.54, 1.807) is 19.6 Å². The number of pyridine rings is 4. The maximum atomic E-state index is 12.6. The van der Waals surface area contributed by atoms with Crippen molar-refractivity contribution in [1.29, 1.82) is 0 Å². The highest BCUT2D eigenvalue weighted by Crippen LogP contribution is 2.62. The van der Waals surface area contributed by atoms with E-state index < -0.39 is 11.2 Å². The van der Waals surface area contributed by atoms with Crippen molar-refractivity contribution in [3.05, 3.63) is 131 Å². The molecule has 8 aliphatic rings. The third kappa shape index (κ3) is 13.6. The van der Waals surface area contributed by atoms with Gasteiger partial charge in [0.25, 0.3) is 11.8 Å². The van der Waals surface area contributed by atoms with Gasteiger partial charge in [0.1, 0.15) is 0 Å². The number of anilines is 2. The standard InChI is InChI=1S/2C19H25N3O.2C16H21N3O2/c1-12-9-17-15(5-4-8-22(17)21-12)18(23)20-11-13-6-7-14-10-16(13)19(14,2)3;1-12-9-17-16(5-4-8-22(17)21-12)20-18(23)10-13-6-7-14-11-15(13)19(14,2)3;1-12-10-14-13(6-5-9-19(14)18-12)15(20)17-11-16(21)7-3-2-4-8-16;1-12-10-14-13(6-5-9-19(14)18-12)17-15(20)11-16(21)7-3-2-4-8-16/h4-5,8-9,13-14,16H,6-7,10-11H2,1-3H3,(H,20,23);4-5,8-9,13-15H,6-7,10-11H2,1-3H3,(H,20,23);2*5-6,9-10,21H,2-4,7-8,11H2,1H3,(H,17,20)/t13-,14-,16-;13-,14-,15-;;/m11../s1. The molecule has 8 heterocycles. The van der Waals surface area contributed by atoms with Crippen molar-refractivity contribution in [3.63, 3.8) is 0 Å². The van der Waals surface area contributed by atoms with Crippen molar-refractivity contribution in [1.82, 2.24) is 49.1 Å². The summed E-state index contributed by atoms with van der Waals surface area (Å²) in [6, 6.07) is 22.8. The summed E-state index contributed by atoms with van der Waals surface area (Å²) in [4.78, 5) is 49.8. The average Bonchev–Trinajstić information content (AvgIpc) is 1.23. The summed E-state index contributed by atoms with van der Waals surface area (Å²) in [5.74, 6) is 4.34. The zero-order valence-corrected chi connectivity index (χ0v) is 52.9. The molecule has 16 rings (SSSR count). The summed E-state index contributed by atoms with van der Waals surface area (Å²) in [5, 5.41) is 50.4. The lowest BCUT2D eigenvalue weighted by molar-refractivity contribution is -0.128. The zero-order valence-electron chi connectivity index (χ0n) is 52.9. The molecule has 0 aromatic carbocycles. The Hall–Kier alpha value is -7.44. The van der Waals surface area contributed by atoms with Gasteiger partial charge in [-0.1, -0.05) is 66.2 Å². The molecule has 4 amide bonds. The van der Waals surface area contributed by atoms with Gasteiger partial charge in [0.05, 0.1) is 85.0 Å². The summed E-state index contributed by atoms with van der Waals surface area (Å²) in [7, 11) is 0. The van der Waals surface area contributed by atoms with Crippen LogP contribution < -0.4 is 21.3 Å². The maximum absolute atomic E-state index is 12.6. The van der Waals surface area contributed by atoms with Crippen LogP contribution in [0.15, 0.2) is 97.6 Å². The van der Waals surface area contributed by atoms with Crippen LogP contribution in [0.25, 0.3) is 22.1 Å². The van der Waals surface area contributed by atoms with Crippen LogP contribution in [-0.2, 0) is 9.59 Å². The highest BCUT2D eigenvalue weighted by atomic mass is 16.3. The third-order valence-electron chi connectivity index (χ3n) is 21.1. The summed E-state index contributed by atoms with van der Waals surface area (Å²) in [6.07, 6.45) is 25.4. The SMILES string of the molecule is Cc1cc2c(C(=O)NCC3(O)CCCCC3)cccn2n1.Cc1cc2c(C(=O)NC[C@H]3CC[C@@H]4C[C@H]3C4(C)C)cccn2n1.Cc1cc2c(NC(=O)CC3(O)CCCCC3)cccn2n1.Cc1cc2c(NC(=O)C[C@H]3CC[C@@H]4C[C@H]3C4(C)C)cccn2n1. The second-order valence-corrected chi connectivity index (χ2v) is 28.0. The summed E-state index contributed by atoms with van der Waals surface area (Å²) in [6.45, 7) is 18.4. The smallest absolute Gasteiger partial charge is 0.253 e. The van der Waals surface area contributed by atoms with Crippen LogP contribution in [0.4, 0.5) is 11.4 Å². The molecule has 4 bridgehead atoms. The molecule has 468 valence electrons. The number of rotatable bonds is 12. The van der Waals surface area contributed by atoms with E-state index in [9.17, 15) is 29.4 Å². The lowest BCUT2D eigenvalue weighted by Crippen LogP contribution is -2.54. The van der Waals surface area contributed by atoms with Crippen LogP contribution in [0, 0.1) is 74.0 Å². The lowest BCUT2D eigenvalue weighted by atomic mass is 9.45. The van der Waals surface area contributed by atoms with E-state index >= 15 is 0 Å². The van der Waals surface area contributed by atoms with Crippen LogP contribution in [0.5, 0.6) is 0 Å². The third-order valence-corrected chi connectivity index (χ3v) is 21.1. The van der Waals surface area contributed by atoms with E-state index in [2.05, 4.69) is 69.4 Å². The molecule has 8 aliphatic carbocycles. The molecule has 6 atom stereocenters. The number of fused-ring (bicyclic) bond motifs is 8. The lowest BCUT2D eigenvalue weighted by Gasteiger charge is -2.60. The molecule has 0 aliphatic heterocycles. The van der Waals surface area contributed by atoms with Gasteiger partial charge in [-0.3, -0.25) is 19.2 Å². The molecule has 18 nitrogen and oxygen atoms in total.